The van der Waals surface area contributed by atoms with Crippen LogP contribution in [-0.2, 0) is 16.1 Å². The van der Waals surface area contributed by atoms with E-state index in [2.05, 4.69) is 15.1 Å². The molecule has 1 aliphatic rings. The molecule has 0 N–H and O–H groups in total. The first-order chi connectivity index (χ1) is 13.0. The third kappa shape index (κ3) is 5.52. The number of carbonyl (C=O) groups excluding carboxylic acids is 1. The van der Waals surface area contributed by atoms with Crippen molar-refractivity contribution in [3.05, 3.63) is 35.9 Å². The highest BCUT2D eigenvalue weighted by Gasteiger charge is 2.20. The predicted molar refractivity (Wildman–Crippen MR) is 102 cm³/mol. The summed E-state index contributed by atoms with van der Waals surface area (Å²) in [6.07, 6.45) is 3.49. The molecule has 3 rings (SSSR count). The Morgan fingerprint density at radius 2 is 1.89 bits per heavy atom. The number of aromatic nitrogens is 3. The van der Waals surface area contributed by atoms with E-state index in [1.54, 1.807) is 12.1 Å². The molecule has 27 heavy (non-hydrogen) atoms. The van der Waals surface area contributed by atoms with Crippen molar-refractivity contribution >= 4 is 17.7 Å². The van der Waals surface area contributed by atoms with E-state index in [1.165, 1.54) is 43.2 Å². The van der Waals surface area contributed by atoms with Gasteiger partial charge in [0, 0.05) is 5.69 Å². The number of esters is 1. The number of ether oxygens (including phenoxy) is 1. The summed E-state index contributed by atoms with van der Waals surface area (Å²) in [5, 5.41) is 9.24. The van der Waals surface area contributed by atoms with Crippen molar-refractivity contribution in [2.24, 2.45) is 0 Å². The molecule has 0 bridgehead atoms. The number of hydrogen-bond donors (Lipinski definition) is 0. The molecule has 2 aromatic rings. The highest BCUT2D eigenvalue weighted by Crippen LogP contribution is 2.24. The molecule has 8 heteroatoms. The first-order valence-corrected chi connectivity index (χ1v) is 10.3. The van der Waals surface area contributed by atoms with Crippen LogP contribution >= 0.6 is 11.8 Å². The van der Waals surface area contributed by atoms with Crippen molar-refractivity contribution in [2.75, 3.05) is 18.8 Å². The van der Waals surface area contributed by atoms with Crippen molar-refractivity contribution in [3.8, 4) is 5.69 Å². The molecule has 2 heterocycles. The zero-order chi connectivity index (χ0) is 19.2. The van der Waals surface area contributed by atoms with Gasteiger partial charge in [-0.05, 0) is 64.0 Å². The molecule has 0 amide bonds. The van der Waals surface area contributed by atoms with Crippen LogP contribution in [0, 0.1) is 5.82 Å². The van der Waals surface area contributed by atoms with Crippen LogP contribution in [0.4, 0.5) is 4.39 Å². The molecular weight excluding hydrogens is 367 g/mol. The number of nitrogens with zero attached hydrogens (tertiary/aromatic N) is 4. The molecule has 1 aliphatic heterocycles. The van der Waals surface area contributed by atoms with E-state index in [-0.39, 0.29) is 23.6 Å². The molecule has 6 nitrogen and oxygen atoms in total. The number of likely N-dealkylation sites (tertiary alicyclic amines) is 1. The lowest BCUT2D eigenvalue weighted by Crippen LogP contribution is -2.30. The van der Waals surface area contributed by atoms with E-state index in [4.69, 9.17) is 4.74 Å². The normalized spacial score (nSPS) is 15.3. The summed E-state index contributed by atoms with van der Waals surface area (Å²) in [4.78, 5) is 14.2. The lowest BCUT2D eigenvalue weighted by molar-refractivity contribution is -0.144. The van der Waals surface area contributed by atoms with Gasteiger partial charge in [0.2, 0.25) is 0 Å². The van der Waals surface area contributed by atoms with Gasteiger partial charge in [0.15, 0.2) is 11.0 Å². The summed E-state index contributed by atoms with van der Waals surface area (Å²) in [5.74, 6) is 0.366. The molecule has 1 fully saturated rings. The maximum Gasteiger partial charge on any atom is 0.316 e. The van der Waals surface area contributed by atoms with Crippen LogP contribution in [0.1, 0.15) is 38.9 Å². The van der Waals surface area contributed by atoms with Crippen molar-refractivity contribution in [1.82, 2.24) is 19.7 Å². The molecule has 0 aliphatic carbocycles. The van der Waals surface area contributed by atoms with E-state index in [0.29, 0.717) is 11.7 Å². The standard InChI is InChI=1S/C19H25FN4O2S/c1-14(2)26-18(25)13-27-19-22-21-17(12-23-10-4-3-5-11-23)24(19)16-8-6-15(20)7-9-16/h6-9,14H,3-5,10-13H2,1-2H3. The number of hydrogen-bond acceptors (Lipinski definition) is 6. The fraction of sp³-hybridized carbons (Fsp3) is 0.526. The highest BCUT2D eigenvalue weighted by atomic mass is 32.2. The second kappa shape index (κ2) is 9.32. The van der Waals surface area contributed by atoms with Crippen molar-refractivity contribution < 1.29 is 13.9 Å². The molecule has 0 atom stereocenters. The van der Waals surface area contributed by atoms with Gasteiger partial charge < -0.3 is 4.74 Å². The quantitative estimate of drug-likeness (QED) is 0.531. The van der Waals surface area contributed by atoms with Crippen molar-refractivity contribution in [1.29, 1.82) is 0 Å². The van der Waals surface area contributed by atoms with Gasteiger partial charge >= 0.3 is 5.97 Å². The lowest BCUT2D eigenvalue weighted by Gasteiger charge is -2.26. The molecule has 0 saturated carbocycles. The highest BCUT2D eigenvalue weighted by molar-refractivity contribution is 7.99. The topological polar surface area (TPSA) is 60.2 Å². The summed E-state index contributed by atoms with van der Waals surface area (Å²) in [5.41, 5.74) is 0.785. The maximum atomic E-state index is 13.4. The zero-order valence-electron chi connectivity index (χ0n) is 15.7. The predicted octanol–water partition coefficient (Wildman–Crippen LogP) is 3.44. The van der Waals surface area contributed by atoms with Crippen LogP contribution in [0.2, 0.25) is 0 Å². The SMILES string of the molecule is CC(C)OC(=O)CSc1nnc(CN2CCCCC2)n1-c1ccc(F)cc1. The van der Waals surface area contributed by atoms with Crippen LogP contribution in [-0.4, -0.2) is 50.6 Å². The van der Waals surface area contributed by atoms with Gasteiger partial charge in [-0.15, -0.1) is 10.2 Å². The van der Waals surface area contributed by atoms with E-state index in [1.807, 2.05) is 18.4 Å². The van der Waals surface area contributed by atoms with Gasteiger partial charge in [-0.3, -0.25) is 14.3 Å². The first kappa shape index (κ1) is 19.8. The second-order valence-corrected chi connectivity index (χ2v) is 7.82. The summed E-state index contributed by atoms with van der Waals surface area (Å²) in [6, 6.07) is 6.24. The summed E-state index contributed by atoms with van der Waals surface area (Å²) >= 11 is 1.28. The molecule has 146 valence electrons. The Hall–Kier alpha value is -1.93. The second-order valence-electron chi connectivity index (χ2n) is 6.87. The van der Waals surface area contributed by atoms with E-state index in [9.17, 15) is 9.18 Å². The fourth-order valence-corrected chi connectivity index (χ4v) is 3.84. The average Bonchev–Trinajstić information content (AvgIpc) is 3.03. The summed E-state index contributed by atoms with van der Waals surface area (Å²) < 4.78 is 20.5. The average molecular weight is 393 g/mol. The van der Waals surface area contributed by atoms with E-state index >= 15 is 0 Å². The van der Waals surface area contributed by atoms with Crippen LogP contribution in [0.25, 0.3) is 5.69 Å². The summed E-state index contributed by atoms with van der Waals surface area (Å²) in [6.45, 7) is 6.40. The number of carbonyl (C=O) groups is 1. The van der Waals surface area contributed by atoms with Crippen LogP contribution in [0.3, 0.4) is 0 Å². The molecular formula is C19H25FN4O2S. The van der Waals surface area contributed by atoms with E-state index < -0.39 is 0 Å². The molecule has 0 spiro atoms. The van der Waals surface area contributed by atoms with Crippen LogP contribution < -0.4 is 0 Å². The minimum absolute atomic E-state index is 0.150. The third-order valence-corrected chi connectivity index (χ3v) is 5.19. The number of halogens is 1. The van der Waals surface area contributed by atoms with Gasteiger partial charge in [0.25, 0.3) is 0 Å². The third-order valence-electron chi connectivity index (χ3n) is 4.29. The number of rotatable bonds is 7. The Morgan fingerprint density at radius 3 is 2.56 bits per heavy atom. The van der Waals surface area contributed by atoms with Crippen LogP contribution in [0.5, 0.6) is 0 Å². The number of benzene rings is 1. The van der Waals surface area contributed by atoms with Gasteiger partial charge in [-0.2, -0.15) is 0 Å². The Kier molecular flexibility index (Phi) is 6.84. The molecule has 1 saturated heterocycles. The Morgan fingerprint density at radius 1 is 1.19 bits per heavy atom. The largest absolute Gasteiger partial charge is 0.462 e. The summed E-state index contributed by atoms with van der Waals surface area (Å²) in [7, 11) is 0. The minimum atomic E-state index is -0.292. The minimum Gasteiger partial charge on any atom is -0.462 e. The monoisotopic (exact) mass is 392 g/mol. The first-order valence-electron chi connectivity index (χ1n) is 9.28. The van der Waals surface area contributed by atoms with Crippen molar-refractivity contribution in [2.45, 2.75) is 50.9 Å². The Labute approximate surface area is 163 Å². The number of piperidine rings is 1. The van der Waals surface area contributed by atoms with Gasteiger partial charge in [-0.25, -0.2) is 4.39 Å². The van der Waals surface area contributed by atoms with Gasteiger partial charge in [-0.1, -0.05) is 18.2 Å². The number of thioether (sulfide) groups is 1. The lowest BCUT2D eigenvalue weighted by atomic mass is 10.1. The Bertz CT molecular complexity index is 758. The Balaban J connectivity index is 1.81. The maximum absolute atomic E-state index is 13.4. The van der Waals surface area contributed by atoms with Gasteiger partial charge in [0.05, 0.1) is 18.4 Å². The molecule has 0 unspecified atom stereocenters. The molecule has 1 aromatic carbocycles. The zero-order valence-corrected chi connectivity index (χ0v) is 16.5. The van der Waals surface area contributed by atoms with Crippen molar-refractivity contribution in [3.63, 3.8) is 0 Å². The van der Waals surface area contributed by atoms with Gasteiger partial charge in [0.1, 0.15) is 5.82 Å². The fourth-order valence-electron chi connectivity index (χ4n) is 3.08. The molecule has 0 radical (unpaired) electrons. The smallest absolute Gasteiger partial charge is 0.316 e. The van der Waals surface area contributed by atoms with E-state index in [0.717, 1.165) is 24.6 Å². The van der Waals surface area contributed by atoms with Crippen LogP contribution in [0.15, 0.2) is 29.4 Å². The molecule has 1 aromatic heterocycles.